The molecule has 1 aromatic rings. The number of rotatable bonds is 6. The summed E-state index contributed by atoms with van der Waals surface area (Å²) in [7, 11) is 0. The molecule has 0 radical (unpaired) electrons. The predicted molar refractivity (Wildman–Crippen MR) is 80.8 cm³/mol. The lowest BCUT2D eigenvalue weighted by Gasteiger charge is -2.25. The summed E-state index contributed by atoms with van der Waals surface area (Å²) in [6.07, 6.45) is 3.63. The van der Waals surface area contributed by atoms with Gasteiger partial charge in [-0.15, -0.1) is 0 Å². The number of nitrogens with zero attached hydrogens (tertiary/aromatic N) is 1. The maximum absolute atomic E-state index is 10.8. The van der Waals surface area contributed by atoms with Crippen LogP contribution in [-0.4, -0.2) is 29.1 Å². The lowest BCUT2D eigenvalue weighted by molar-refractivity contribution is -0.138. The van der Waals surface area contributed by atoms with Crippen LogP contribution in [0.25, 0.3) is 0 Å². The van der Waals surface area contributed by atoms with Crippen molar-refractivity contribution in [1.82, 2.24) is 4.90 Å². The average molecular weight is 275 g/mol. The van der Waals surface area contributed by atoms with Crippen LogP contribution in [0.15, 0.2) is 24.3 Å². The number of aliphatic carboxylic acids is 1. The maximum atomic E-state index is 10.8. The SMILES string of the molecule is CCCc1ccc(C(C)N2CCC(CC(=O)O)C2)cc1. The van der Waals surface area contributed by atoms with Crippen molar-refractivity contribution in [2.24, 2.45) is 5.92 Å². The Hall–Kier alpha value is -1.35. The molecule has 3 nitrogen and oxygen atoms in total. The minimum absolute atomic E-state index is 0.304. The molecule has 2 rings (SSSR count). The van der Waals surface area contributed by atoms with Crippen molar-refractivity contribution in [2.75, 3.05) is 13.1 Å². The fourth-order valence-corrected chi connectivity index (χ4v) is 3.09. The zero-order valence-electron chi connectivity index (χ0n) is 12.5. The van der Waals surface area contributed by atoms with Crippen LogP contribution in [-0.2, 0) is 11.2 Å². The minimum Gasteiger partial charge on any atom is -0.481 e. The highest BCUT2D eigenvalue weighted by Crippen LogP contribution is 2.29. The molecule has 0 aromatic heterocycles. The average Bonchev–Trinajstić information content (AvgIpc) is 2.87. The van der Waals surface area contributed by atoms with Gasteiger partial charge in [0.25, 0.3) is 0 Å². The molecule has 1 aliphatic rings. The predicted octanol–water partition coefficient (Wildman–Crippen LogP) is 3.50. The van der Waals surface area contributed by atoms with E-state index >= 15 is 0 Å². The molecule has 3 heteroatoms. The summed E-state index contributed by atoms with van der Waals surface area (Å²) in [6.45, 7) is 6.33. The van der Waals surface area contributed by atoms with Crippen LogP contribution < -0.4 is 0 Å². The summed E-state index contributed by atoms with van der Waals surface area (Å²) in [6, 6.07) is 9.27. The first-order valence-electron chi connectivity index (χ1n) is 7.64. The quantitative estimate of drug-likeness (QED) is 0.864. The molecule has 1 N–H and O–H groups in total. The molecule has 20 heavy (non-hydrogen) atoms. The van der Waals surface area contributed by atoms with E-state index in [2.05, 4.69) is 43.0 Å². The number of carboxylic acid groups (broad SMARTS) is 1. The molecule has 0 bridgehead atoms. The standard InChI is InChI=1S/C17H25NO2/c1-3-4-14-5-7-16(8-6-14)13(2)18-10-9-15(12-18)11-17(19)20/h5-8,13,15H,3-4,9-12H2,1-2H3,(H,19,20). The van der Waals surface area contributed by atoms with Crippen molar-refractivity contribution < 1.29 is 9.90 Å². The van der Waals surface area contributed by atoms with Crippen molar-refractivity contribution in [3.05, 3.63) is 35.4 Å². The second-order valence-electron chi connectivity index (χ2n) is 5.92. The smallest absolute Gasteiger partial charge is 0.303 e. The summed E-state index contributed by atoms with van der Waals surface area (Å²) in [5, 5.41) is 8.88. The zero-order valence-corrected chi connectivity index (χ0v) is 12.5. The molecule has 2 unspecified atom stereocenters. The molecule has 0 amide bonds. The van der Waals surface area contributed by atoms with Crippen molar-refractivity contribution in [3.63, 3.8) is 0 Å². The number of carbonyl (C=O) groups is 1. The Bertz CT molecular complexity index is 441. The number of benzene rings is 1. The lowest BCUT2D eigenvalue weighted by Crippen LogP contribution is -2.25. The lowest BCUT2D eigenvalue weighted by atomic mass is 10.0. The summed E-state index contributed by atoms with van der Waals surface area (Å²) >= 11 is 0. The molecule has 2 atom stereocenters. The highest BCUT2D eigenvalue weighted by Gasteiger charge is 2.27. The Labute approximate surface area is 121 Å². The van der Waals surface area contributed by atoms with Gasteiger partial charge in [-0.25, -0.2) is 0 Å². The molecule has 110 valence electrons. The van der Waals surface area contributed by atoms with Gasteiger partial charge in [-0.05, 0) is 43.4 Å². The molecule has 0 spiro atoms. The first-order valence-corrected chi connectivity index (χ1v) is 7.64. The molecular weight excluding hydrogens is 250 g/mol. The third kappa shape index (κ3) is 3.83. The van der Waals surface area contributed by atoms with Crippen LogP contribution in [0.5, 0.6) is 0 Å². The normalized spacial score (nSPS) is 21.0. The number of hydrogen-bond acceptors (Lipinski definition) is 2. The van der Waals surface area contributed by atoms with E-state index in [0.717, 1.165) is 25.9 Å². The van der Waals surface area contributed by atoms with Crippen molar-refractivity contribution in [3.8, 4) is 0 Å². The Kier molecular flexibility index (Phi) is 5.18. The number of aryl methyl sites for hydroxylation is 1. The highest BCUT2D eigenvalue weighted by atomic mass is 16.4. The van der Waals surface area contributed by atoms with E-state index in [1.807, 2.05) is 0 Å². The number of carboxylic acids is 1. The fourth-order valence-electron chi connectivity index (χ4n) is 3.09. The van der Waals surface area contributed by atoms with Gasteiger partial charge < -0.3 is 5.11 Å². The van der Waals surface area contributed by atoms with Gasteiger partial charge in [0.2, 0.25) is 0 Å². The largest absolute Gasteiger partial charge is 0.481 e. The van der Waals surface area contributed by atoms with Gasteiger partial charge >= 0.3 is 5.97 Å². The van der Waals surface area contributed by atoms with Crippen LogP contribution in [0.3, 0.4) is 0 Å². The van der Waals surface area contributed by atoms with Gasteiger partial charge in [0.1, 0.15) is 0 Å². The topological polar surface area (TPSA) is 40.5 Å². The fraction of sp³-hybridized carbons (Fsp3) is 0.588. The first-order chi connectivity index (χ1) is 9.60. The van der Waals surface area contributed by atoms with Gasteiger partial charge in [-0.3, -0.25) is 9.69 Å². The van der Waals surface area contributed by atoms with E-state index in [4.69, 9.17) is 5.11 Å². The van der Waals surface area contributed by atoms with Crippen LogP contribution in [0.2, 0.25) is 0 Å². The summed E-state index contributed by atoms with van der Waals surface area (Å²) in [4.78, 5) is 13.2. The summed E-state index contributed by atoms with van der Waals surface area (Å²) < 4.78 is 0. The third-order valence-corrected chi connectivity index (χ3v) is 4.33. The molecule has 1 saturated heterocycles. The molecule has 1 fully saturated rings. The minimum atomic E-state index is -0.673. The van der Waals surface area contributed by atoms with E-state index in [9.17, 15) is 4.79 Å². The first kappa shape index (κ1) is 15.0. The van der Waals surface area contributed by atoms with Crippen molar-refractivity contribution in [1.29, 1.82) is 0 Å². The molecule has 1 aliphatic heterocycles. The van der Waals surface area contributed by atoms with Crippen molar-refractivity contribution >= 4 is 5.97 Å². The van der Waals surface area contributed by atoms with Gasteiger partial charge in [-0.2, -0.15) is 0 Å². The Balaban J connectivity index is 1.94. The Morgan fingerprint density at radius 3 is 2.70 bits per heavy atom. The highest BCUT2D eigenvalue weighted by molar-refractivity contribution is 5.67. The monoisotopic (exact) mass is 275 g/mol. The number of likely N-dealkylation sites (tertiary alicyclic amines) is 1. The van der Waals surface area contributed by atoms with Crippen LogP contribution in [0.1, 0.15) is 50.3 Å². The van der Waals surface area contributed by atoms with Crippen LogP contribution >= 0.6 is 0 Å². The molecule has 1 heterocycles. The van der Waals surface area contributed by atoms with Crippen LogP contribution in [0, 0.1) is 5.92 Å². The van der Waals surface area contributed by atoms with Gasteiger partial charge in [0.05, 0.1) is 0 Å². The van der Waals surface area contributed by atoms with Crippen molar-refractivity contribution in [2.45, 2.75) is 45.6 Å². The zero-order chi connectivity index (χ0) is 14.5. The molecule has 0 aliphatic carbocycles. The van der Waals surface area contributed by atoms with E-state index in [1.165, 1.54) is 17.5 Å². The third-order valence-electron chi connectivity index (χ3n) is 4.33. The van der Waals surface area contributed by atoms with E-state index in [-0.39, 0.29) is 0 Å². The maximum Gasteiger partial charge on any atom is 0.303 e. The van der Waals surface area contributed by atoms with Gasteiger partial charge in [-0.1, -0.05) is 37.6 Å². The molecule has 0 saturated carbocycles. The van der Waals surface area contributed by atoms with Crippen LogP contribution in [0.4, 0.5) is 0 Å². The Morgan fingerprint density at radius 2 is 2.10 bits per heavy atom. The van der Waals surface area contributed by atoms with E-state index in [0.29, 0.717) is 18.4 Å². The molecular formula is C17H25NO2. The molecule has 1 aromatic carbocycles. The van der Waals surface area contributed by atoms with Gasteiger partial charge in [0.15, 0.2) is 0 Å². The second-order valence-corrected chi connectivity index (χ2v) is 5.92. The second kappa shape index (κ2) is 6.89. The van der Waals surface area contributed by atoms with Gasteiger partial charge in [0, 0.05) is 19.0 Å². The Morgan fingerprint density at radius 1 is 1.40 bits per heavy atom. The summed E-state index contributed by atoms with van der Waals surface area (Å²) in [5.41, 5.74) is 2.73. The number of hydrogen-bond donors (Lipinski definition) is 1. The summed E-state index contributed by atoms with van der Waals surface area (Å²) in [5.74, 6) is -0.359. The van der Waals surface area contributed by atoms with E-state index < -0.39 is 5.97 Å². The van der Waals surface area contributed by atoms with E-state index in [1.54, 1.807) is 0 Å².